The number of aromatic nitrogens is 5. The van der Waals surface area contributed by atoms with Gasteiger partial charge in [0, 0.05) is 29.8 Å². The molecule has 0 radical (unpaired) electrons. The number of fused-ring (bicyclic) bond motifs is 1. The molecule has 3 aliphatic rings. The lowest BCUT2D eigenvalue weighted by molar-refractivity contribution is -0.122. The highest BCUT2D eigenvalue weighted by molar-refractivity contribution is 5.76. The number of carbonyl (C=O) groups is 1. The van der Waals surface area contributed by atoms with Crippen LogP contribution in [-0.4, -0.2) is 53.7 Å². The lowest BCUT2D eigenvalue weighted by atomic mass is 9.91. The molecule has 0 aromatic carbocycles. The van der Waals surface area contributed by atoms with Crippen LogP contribution in [0.25, 0.3) is 11.7 Å². The summed E-state index contributed by atoms with van der Waals surface area (Å²) in [5.74, 6) is 1.30. The number of hydrogen-bond acceptors (Lipinski definition) is 7. The molecule has 0 spiro atoms. The third-order valence-electron chi connectivity index (χ3n) is 6.99. The number of H-pyrrole nitrogens is 2. The largest absolute Gasteiger partial charge is 0.493 e. The van der Waals surface area contributed by atoms with Gasteiger partial charge in [-0.05, 0) is 63.4 Å². The molecule has 6 rings (SSSR count). The first-order valence-corrected chi connectivity index (χ1v) is 12.5. The Balaban J connectivity index is 1.22. The van der Waals surface area contributed by atoms with Crippen LogP contribution >= 0.6 is 0 Å². The second-order valence-electron chi connectivity index (χ2n) is 10.1. The maximum Gasteiger partial charge on any atom is 0.326 e. The van der Waals surface area contributed by atoms with E-state index in [9.17, 15) is 14.7 Å². The van der Waals surface area contributed by atoms with Gasteiger partial charge in [-0.1, -0.05) is 0 Å². The smallest absolute Gasteiger partial charge is 0.326 e. The molecular weight excluding hydrogens is 448 g/mol. The molecule has 0 atom stereocenters. The molecule has 11 heteroatoms. The van der Waals surface area contributed by atoms with E-state index >= 15 is 0 Å². The zero-order chi connectivity index (χ0) is 23.9. The van der Waals surface area contributed by atoms with Gasteiger partial charge in [0.2, 0.25) is 11.8 Å². The monoisotopic (exact) mass is 478 g/mol. The van der Waals surface area contributed by atoms with Crippen molar-refractivity contribution in [3.8, 4) is 5.88 Å². The van der Waals surface area contributed by atoms with Crippen molar-refractivity contribution in [1.82, 2.24) is 29.9 Å². The average molecular weight is 479 g/mol. The Kier molecular flexibility index (Phi) is 5.54. The highest BCUT2D eigenvalue weighted by Crippen LogP contribution is 2.32. The van der Waals surface area contributed by atoms with E-state index in [4.69, 9.17) is 9.98 Å². The van der Waals surface area contributed by atoms with Crippen molar-refractivity contribution in [2.45, 2.75) is 75.9 Å². The fraction of sp³-hybridized carbons (Fsp3) is 0.542. The van der Waals surface area contributed by atoms with E-state index in [1.807, 2.05) is 6.07 Å². The number of aromatic hydroxyl groups is 1. The normalized spacial score (nSPS) is 23.7. The van der Waals surface area contributed by atoms with Crippen molar-refractivity contribution in [3.05, 3.63) is 39.1 Å². The molecule has 0 bridgehead atoms. The number of rotatable bonds is 7. The van der Waals surface area contributed by atoms with E-state index in [-0.39, 0.29) is 29.6 Å². The summed E-state index contributed by atoms with van der Waals surface area (Å²) in [6.07, 6.45) is 12.3. The third-order valence-corrected chi connectivity index (χ3v) is 6.99. The molecule has 3 aromatic heterocycles. The molecule has 3 aromatic rings. The van der Waals surface area contributed by atoms with Gasteiger partial charge in [-0.3, -0.25) is 14.8 Å². The van der Waals surface area contributed by atoms with E-state index in [2.05, 4.69) is 25.7 Å². The highest BCUT2D eigenvalue weighted by atomic mass is 16.3. The van der Waals surface area contributed by atoms with Crippen molar-refractivity contribution in [2.75, 3.05) is 5.32 Å². The van der Waals surface area contributed by atoms with Crippen LogP contribution < -0.4 is 27.0 Å². The summed E-state index contributed by atoms with van der Waals surface area (Å²) in [6, 6.07) is 2.75. The molecule has 3 saturated carbocycles. The molecule has 0 aliphatic heterocycles. The van der Waals surface area contributed by atoms with Crippen molar-refractivity contribution in [2.24, 2.45) is 10.9 Å². The van der Waals surface area contributed by atoms with Gasteiger partial charge in [-0.15, -0.1) is 0 Å². The second-order valence-corrected chi connectivity index (χ2v) is 10.1. The van der Waals surface area contributed by atoms with Crippen molar-refractivity contribution < 1.29 is 9.90 Å². The van der Waals surface area contributed by atoms with Gasteiger partial charge in [-0.25, -0.2) is 9.78 Å². The zero-order valence-electron chi connectivity index (χ0n) is 19.5. The Labute approximate surface area is 200 Å². The first-order valence-electron chi connectivity index (χ1n) is 12.5. The molecule has 0 saturated heterocycles. The number of anilines is 1. The van der Waals surface area contributed by atoms with Crippen LogP contribution in [0.1, 0.15) is 63.5 Å². The minimum Gasteiger partial charge on any atom is -0.493 e. The number of imidazole rings is 1. The minimum atomic E-state index is -0.482. The van der Waals surface area contributed by atoms with Gasteiger partial charge in [0.15, 0.2) is 11.1 Å². The molecule has 1 amide bonds. The van der Waals surface area contributed by atoms with Crippen LogP contribution in [-0.2, 0) is 4.79 Å². The van der Waals surface area contributed by atoms with E-state index < -0.39 is 5.69 Å². The Bertz CT molecular complexity index is 1420. The van der Waals surface area contributed by atoms with Gasteiger partial charge in [0.05, 0.1) is 12.2 Å². The number of hydrogen-bond donors (Lipinski definition) is 5. The maximum absolute atomic E-state index is 12.2. The van der Waals surface area contributed by atoms with Crippen LogP contribution in [0, 0.1) is 5.92 Å². The highest BCUT2D eigenvalue weighted by Gasteiger charge is 2.27. The molecule has 5 N–H and O–H groups in total. The quantitative estimate of drug-likeness (QED) is 0.337. The molecule has 3 heterocycles. The first-order chi connectivity index (χ1) is 17.0. The van der Waals surface area contributed by atoms with Crippen LogP contribution in [0.2, 0.25) is 0 Å². The molecule has 3 aliphatic carbocycles. The van der Waals surface area contributed by atoms with Crippen LogP contribution in [0.4, 0.5) is 5.82 Å². The predicted molar refractivity (Wildman–Crippen MR) is 129 cm³/mol. The number of nitrogens with zero attached hydrogens (tertiary/aromatic N) is 4. The molecule has 11 nitrogen and oxygen atoms in total. The maximum atomic E-state index is 12.2. The lowest BCUT2D eigenvalue weighted by Crippen LogP contribution is -2.40. The predicted octanol–water partition coefficient (Wildman–Crippen LogP) is 0.702. The lowest BCUT2D eigenvalue weighted by Gasteiger charge is -2.30. The summed E-state index contributed by atoms with van der Waals surface area (Å²) in [7, 11) is 0. The van der Waals surface area contributed by atoms with Gasteiger partial charge in [0.25, 0.3) is 0 Å². The number of aromatic amines is 2. The molecule has 184 valence electrons. The number of nitrogens with one attached hydrogen (secondary N) is 4. The fourth-order valence-electron chi connectivity index (χ4n) is 4.73. The SMILES string of the molecule is O=C(CC1CC1)NC1CCC(Nc2cc(=NC3CC3)n3nc/c(=C\c4[nH]c(=O)[nH]c4O)c3n2)CC1. The average Bonchev–Trinajstić information content (AvgIpc) is 3.74. The Morgan fingerprint density at radius 1 is 1.14 bits per heavy atom. The van der Waals surface area contributed by atoms with Crippen molar-refractivity contribution >= 4 is 23.4 Å². The Morgan fingerprint density at radius 3 is 2.60 bits per heavy atom. The summed E-state index contributed by atoms with van der Waals surface area (Å²) in [5, 5.41) is 21.9. The second kappa shape index (κ2) is 8.86. The van der Waals surface area contributed by atoms with Gasteiger partial charge in [-0.2, -0.15) is 9.61 Å². The molecular formula is C24H30N8O3. The van der Waals surface area contributed by atoms with Gasteiger partial charge >= 0.3 is 5.69 Å². The summed E-state index contributed by atoms with van der Waals surface area (Å²) in [6.45, 7) is 0. The van der Waals surface area contributed by atoms with Crippen molar-refractivity contribution in [1.29, 1.82) is 0 Å². The topological polar surface area (TPSA) is 153 Å². The van der Waals surface area contributed by atoms with Gasteiger partial charge < -0.3 is 20.7 Å². The minimum absolute atomic E-state index is 0.196. The van der Waals surface area contributed by atoms with Crippen LogP contribution in [0.3, 0.4) is 0 Å². The van der Waals surface area contributed by atoms with Crippen LogP contribution in [0.15, 0.2) is 22.1 Å². The molecule has 3 fully saturated rings. The standard InChI is InChI=1S/C24H30N8O3/c33-21(9-13-1-2-13)28-17-7-3-15(4-8-17)26-19-11-20(27-16-5-6-16)32-22(30-19)14(12-25-32)10-18-23(34)31-24(35)29-18/h10-13,15-17,26,34H,1-9H2,(H,28,33)(H2,29,31,35)/b14-10+,27-20?. The Hall–Kier alpha value is -3.63. The van der Waals surface area contributed by atoms with E-state index in [1.165, 1.54) is 12.8 Å². The summed E-state index contributed by atoms with van der Waals surface area (Å²) >= 11 is 0. The fourth-order valence-corrected chi connectivity index (χ4v) is 4.73. The van der Waals surface area contributed by atoms with Crippen molar-refractivity contribution in [3.63, 3.8) is 0 Å². The Morgan fingerprint density at radius 2 is 1.91 bits per heavy atom. The summed E-state index contributed by atoms with van der Waals surface area (Å²) < 4.78 is 1.70. The van der Waals surface area contributed by atoms with Gasteiger partial charge in [0.1, 0.15) is 11.5 Å². The third kappa shape index (κ3) is 5.08. The van der Waals surface area contributed by atoms with Crippen LogP contribution in [0.5, 0.6) is 5.88 Å². The van der Waals surface area contributed by atoms with E-state index in [0.29, 0.717) is 29.2 Å². The first kappa shape index (κ1) is 21.9. The summed E-state index contributed by atoms with van der Waals surface area (Å²) in [5.41, 5.74) is 1.11. The number of amides is 1. The zero-order valence-corrected chi connectivity index (χ0v) is 19.5. The molecule has 0 unspecified atom stereocenters. The summed E-state index contributed by atoms with van der Waals surface area (Å²) in [4.78, 5) is 38.2. The van der Waals surface area contributed by atoms with E-state index in [1.54, 1.807) is 16.8 Å². The van der Waals surface area contributed by atoms with E-state index in [0.717, 1.165) is 49.8 Å². The molecule has 35 heavy (non-hydrogen) atoms. The number of carbonyl (C=O) groups excluding carboxylic acids is 1.